The second-order valence-electron chi connectivity index (χ2n) is 7.37. The quantitative estimate of drug-likeness (QED) is 0.483. The normalized spacial score (nSPS) is 20.9. The number of thiophene rings is 1. The summed E-state index contributed by atoms with van der Waals surface area (Å²) >= 11 is 13.4. The van der Waals surface area contributed by atoms with Gasteiger partial charge < -0.3 is 0 Å². The SMILES string of the molecule is O=C(CN(C(=O)c1ccc(Cl)cc1Cl)N1C(=O)C2CCCCC2C1=O)c1cccs1. The third-order valence-corrected chi connectivity index (χ3v) is 7.00. The predicted octanol–water partition coefficient (Wildman–Crippen LogP) is 4.47. The summed E-state index contributed by atoms with van der Waals surface area (Å²) in [6.07, 6.45) is 2.93. The molecular formula is C21H18Cl2N2O4S. The van der Waals surface area contributed by atoms with Crippen LogP contribution < -0.4 is 0 Å². The van der Waals surface area contributed by atoms with E-state index in [0.29, 0.717) is 22.7 Å². The van der Waals surface area contributed by atoms with Crippen LogP contribution in [-0.2, 0) is 9.59 Å². The van der Waals surface area contributed by atoms with Crippen LogP contribution in [0.15, 0.2) is 35.7 Å². The summed E-state index contributed by atoms with van der Waals surface area (Å²) in [4.78, 5) is 52.8. The van der Waals surface area contributed by atoms with Gasteiger partial charge in [0.05, 0.1) is 27.3 Å². The van der Waals surface area contributed by atoms with Crippen molar-refractivity contribution >= 4 is 58.0 Å². The van der Waals surface area contributed by atoms with Crippen LogP contribution in [-0.4, -0.2) is 40.1 Å². The van der Waals surface area contributed by atoms with Gasteiger partial charge in [0, 0.05) is 5.02 Å². The average molecular weight is 465 g/mol. The van der Waals surface area contributed by atoms with Gasteiger partial charge in [0.15, 0.2) is 5.78 Å². The molecule has 1 aliphatic carbocycles. The van der Waals surface area contributed by atoms with Gasteiger partial charge in [-0.3, -0.25) is 19.2 Å². The van der Waals surface area contributed by atoms with Gasteiger partial charge in [0.1, 0.15) is 6.54 Å². The molecule has 2 fully saturated rings. The molecule has 1 aromatic carbocycles. The van der Waals surface area contributed by atoms with Gasteiger partial charge >= 0.3 is 0 Å². The van der Waals surface area contributed by atoms with E-state index in [9.17, 15) is 19.2 Å². The molecule has 0 bridgehead atoms. The van der Waals surface area contributed by atoms with Gasteiger partial charge in [-0.15, -0.1) is 11.3 Å². The van der Waals surface area contributed by atoms with Gasteiger partial charge in [-0.2, -0.15) is 5.01 Å². The molecule has 0 N–H and O–H groups in total. The van der Waals surface area contributed by atoms with Crippen LogP contribution in [0.4, 0.5) is 0 Å². The number of benzene rings is 1. The first-order chi connectivity index (χ1) is 14.4. The maximum Gasteiger partial charge on any atom is 0.274 e. The van der Waals surface area contributed by atoms with Crippen LogP contribution in [0.2, 0.25) is 10.0 Å². The molecular weight excluding hydrogens is 447 g/mol. The summed E-state index contributed by atoms with van der Waals surface area (Å²) in [7, 11) is 0. The lowest BCUT2D eigenvalue weighted by atomic mass is 9.81. The van der Waals surface area contributed by atoms with Crippen molar-refractivity contribution in [3.05, 3.63) is 56.2 Å². The monoisotopic (exact) mass is 464 g/mol. The van der Waals surface area contributed by atoms with E-state index in [1.54, 1.807) is 17.5 Å². The summed E-state index contributed by atoms with van der Waals surface area (Å²) in [6, 6.07) is 7.68. The minimum atomic E-state index is -0.693. The number of hydrogen-bond acceptors (Lipinski definition) is 5. The largest absolute Gasteiger partial charge is 0.291 e. The molecule has 1 aromatic heterocycles. The van der Waals surface area contributed by atoms with Crippen LogP contribution in [0.1, 0.15) is 45.7 Å². The van der Waals surface area contributed by atoms with Crippen LogP contribution in [0.3, 0.4) is 0 Å². The van der Waals surface area contributed by atoms with Crippen molar-refractivity contribution in [2.45, 2.75) is 25.7 Å². The lowest BCUT2D eigenvalue weighted by molar-refractivity contribution is -0.154. The van der Waals surface area contributed by atoms with Crippen LogP contribution in [0.5, 0.6) is 0 Å². The van der Waals surface area contributed by atoms with E-state index >= 15 is 0 Å². The molecule has 2 atom stereocenters. The highest BCUT2D eigenvalue weighted by atomic mass is 35.5. The number of Topliss-reactive ketones (excluding diaryl/α,β-unsaturated/α-hetero) is 1. The standard InChI is InChI=1S/C21H18Cl2N2O4S/c22-12-7-8-15(16(23)10-12)19(27)24(11-17(26)18-6-3-9-30-18)25-20(28)13-4-1-2-5-14(13)21(25)29/h3,6-10,13-14H,1-2,4-5,11H2. The lowest BCUT2D eigenvalue weighted by Gasteiger charge is -2.30. The fourth-order valence-corrected chi connectivity index (χ4v) is 5.22. The first-order valence-corrected chi connectivity index (χ1v) is 11.2. The first-order valence-electron chi connectivity index (χ1n) is 9.60. The summed E-state index contributed by atoms with van der Waals surface area (Å²) in [5.74, 6) is -2.80. The van der Waals surface area contributed by atoms with Crippen molar-refractivity contribution in [2.24, 2.45) is 11.8 Å². The topological polar surface area (TPSA) is 74.8 Å². The number of carbonyl (C=O) groups excluding carboxylic acids is 4. The number of rotatable bonds is 5. The second-order valence-corrected chi connectivity index (χ2v) is 9.16. The van der Waals surface area contributed by atoms with Gasteiger partial charge in [-0.05, 0) is 42.5 Å². The first kappa shape index (κ1) is 21.0. The molecule has 2 unspecified atom stereocenters. The lowest BCUT2D eigenvalue weighted by Crippen LogP contribution is -2.52. The predicted molar refractivity (Wildman–Crippen MR) is 113 cm³/mol. The zero-order valence-electron chi connectivity index (χ0n) is 15.8. The zero-order valence-corrected chi connectivity index (χ0v) is 18.2. The van der Waals surface area contributed by atoms with Crippen molar-refractivity contribution in [3.8, 4) is 0 Å². The van der Waals surface area contributed by atoms with E-state index in [2.05, 4.69) is 0 Å². The Balaban J connectivity index is 1.71. The van der Waals surface area contributed by atoms with Gasteiger partial charge in [-0.25, -0.2) is 5.01 Å². The Morgan fingerprint density at radius 1 is 1.07 bits per heavy atom. The number of imide groups is 1. The van der Waals surface area contributed by atoms with E-state index in [4.69, 9.17) is 23.2 Å². The van der Waals surface area contributed by atoms with Crippen LogP contribution >= 0.6 is 34.5 Å². The third kappa shape index (κ3) is 3.77. The van der Waals surface area contributed by atoms with E-state index in [0.717, 1.165) is 22.9 Å². The van der Waals surface area contributed by atoms with E-state index in [1.807, 2.05) is 0 Å². The maximum atomic E-state index is 13.4. The number of nitrogens with zero attached hydrogens (tertiary/aromatic N) is 2. The second kappa shape index (κ2) is 8.49. The van der Waals surface area contributed by atoms with Crippen molar-refractivity contribution < 1.29 is 19.2 Å². The smallest absolute Gasteiger partial charge is 0.274 e. The molecule has 3 amide bonds. The summed E-state index contributed by atoms with van der Waals surface area (Å²) in [5, 5.41) is 3.99. The number of hydrogen-bond donors (Lipinski definition) is 0. The molecule has 2 aliphatic rings. The number of fused-ring (bicyclic) bond motifs is 1. The molecule has 6 nitrogen and oxygen atoms in total. The Morgan fingerprint density at radius 2 is 1.73 bits per heavy atom. The molecule has 0 radical (unpaired) electrons. The molecule has 4 rings (SSSR count). The Bertz CT molecular complexity index is 1000. The van der Waals surface area contributed by atoms with E-state index in [1.165, 1.54) is 29.5 Å². The van der Waals surface area contributed by atoms with E-state index in [-0.39, 0.29) is 16.4 Å². The Morgan fingerprint density at radius 3 is 2.30 bits per heavy atom. The van der Waals surface area contributed by atoms with Gasteiger partial charge in [0.25, 0.3) is 17.7 Å². The van der Waals surface area contributed by atoms with Gasteiger partial charge in [-0.1, -0.05) is 42.1 Å². The fraction of sp³-hybridized carbons (Fsp3) is 0.333. The van der Waals surface area contributed by atoms with Crippen molar-refractivity contribution in [1.29, 1.82) is 0 Å². The minimum Gasteiger partial charge on any atom is -0.291 e. The summed E-state index contributed by atoms with van der Waals surface area (Å²) in [5.41, 5.74) is 0.0653. The minimum absolute atomic E-state index is 0.0653. The van der Waals surface area contributed by atoms with Crippen molar-refractivity contribution in [1.82, 2.24) is 10.0 Å². The Labute approximate surface area is 187 Å². The summed E-state index contributed by atoms with van der Waals surface area (Å²) in [6.45, 7) is -0.435. The molecule has 1 saturated carbocycles. The molecule has 1 aliphatic heterocycles. The highest BCUT2D eigenvalue weighted by molar-refractivity contribution is 7.12. The third-order valence-electron chi connectivity index (χ3n) is 5.54. The van der Waals surface area contributed by atoms with Gasteiger partial charge in [0.2, 0.25) is 0 Å². The highest BCUT2D eigenvalue weighted by Crippen LogP contribution is 2.39. The van der Waals surface area contributed by atoms with Crippen LogP contribution in [0.25, 0.3) is 0 Å². The Hall–Kier alpha value is -2.22. The molecule has 156 valence electrons. The highest BCUT2D eigenvalue weighted by Gasteiger charge is 2.52. The van der Waals surface area contributed by atoms with Crippen LogP contribution in [0, 0.1) is 11.8 Å². The summed E-state index contributed by atoms with van der Waals surface area (Å²) < 4.78 is 0. The number of carbonyl (C=O) groups is 4. The number of amides is 3. The number of halogens is 2. The molecule has 30 heavy (non-hydrogen) atoms. The Kier molecular flexibility index (Phi) is 5.95. The molecule has 2 aromatic rings. The maximum absolute atomic E-state index is 13.4. The van der Waals surface area contributed by atoms with E-state index < -0.39 is 36.1 Å². The zero-order chi connectivity index (χ0) is 21.4. The van der Waals surface area contributed by atoms with Crippen molar-refractivity contribution in [3.63, 3.8) is 0 Å². The average Bonchev–Trinajstić information content (AvgIpc) is 3.34. The number of ketones is 1. The number of hydrazine groups is 1. The fourth-order valence-electron chi connectivity index (χ4n) is 4.07. The molecule has 1 saturated heterocycles. The molecule has 9 heteroatoms. The molecule has 2 heterocycles. The molecule has 0 spiro atoms. The van der Waals surface area contributed by atoms with Crippen molar-refractivity contribution in [2.75, 3.05) is 6.54 Å².